The quantitative estimate of drug-likeness (QED) is 0.553. The molecule has 0 saturated heterocycles. The highest BCUT2D eigenvalue weighted by molar-refractivity contribution is 7.85. The van der Waals surface area contributed by atoms with Crippen molar-refractivity contribution in [3.8, 4) is 0 Å². The zero-order valence-corrected chi connectivity index (χ0v) is 5.84. The Kier molecular flexibility index (Phi) is 3.31. The molecule has 0 heterocycles. The number of hydrogen-bond acceptors (Lipinski definition) is 3. The van der Waals surface area contributed by atoms with Crippen molar-refractivity contribution in [1.82, 2.24) is 0 Å². The van der Waals surface area contributed by atoms with Crippen molar-refractivity contribution in [2.75, 3.05) is 5.75 Å². The van der Waals surface area contributed by atoms with Gasteiger partial charge in [-0.25, -0.2) is 0 Å². The van der Waals surface area contributed by atoms with E-state index in [4.69, 9.17) is 9.66 Å². The second kappa shape index (κ2) is 3.52. The first-order valence-corrected chi connectivity index (χ1v) is 4.04. The minimum atomic E-state index is -4.01. The van der Waals surface area contributed by atoms with Crippen molar-refractivity contribution in [3.05, 3.63) is 6.42 Å². The summed E-state index contributed by atoms with van der Waals surface area (Å²) in [5.74, 6) is -1.73. The van der Waals surface area contributed by atoms with Gasteiger partial charge in [-0.15, -0.1) is 0 Å². The van der Waals surface area contributed by atoms with Gasteiger partial charge in [0.2, 0.25) is 0 Å². The van der Waals surface area contributed by atoms with Gasteiger partial charge in [-0.2, -0.15) is 8.42 Å². The number of aliphatic carboxylic acids is 1. The van der Waals surface area contributed by atoms with Gasteiger partial charge in [-0.3, -0.25) is 9.35 Å². The predicted octanol–water partition coefficient (Wildman–Crippen LogP) is -0.447. The van der Waals surface area contributed by atoms with Crippen molar-refractivity contribution < 1.29 is 22.9 Å². The summed E-state index contributed by atoms with van der Waals surface area (Å²) in [5.41, 5.74) is 0. The second-order valence-corrected chi connectivity index (χ2v) is 3.19. The van der Waals surface area contributed by atoms with Gasteiger partial charge in [0.15, 0.2) is 0 Å². The summed E-state index contributed by atoms with van der Waals surface area (Å²) in [6.45, 7) is 0. The summed E-state index contributed by atoms with van der Waals surface area (Å²) in [4.78, 5) is 9.75. The molecule has 0 aliphatic carbocycles. The third-order valence-electron chi connectivity index (χ3n) is 0.695. The van der Waals surface area contributed by atoms with Gasteiger partial charge in [0.1, 0.15) is 0 Å². The summed E-state index contributed by atoms with van der Waals surface area (Å²) in [5, 5.41) is 7.98. The standard InChI is InChI=1S/C4H7O5S/c5-4(6)2-1-3-10(7,8)9/h2H,1,3H2,(H,5,6)(H,7,8,9). The molecule has 0 aliphatic heterocycles. The van der Waals surface area contributed by atoms with Crippen LogP contribution in [0.15, 0.2) is 0 Å². The zero-order chi connectivity index (χ0) is 8.20. The Morgan fingerprint density at radius 3 is 2.30 bits per heavy atom. The van der Waals surface area contributed by atoms with Gasteiger partial charge in [-0.1, -0.05) is 0 Å². The topological polar surface area (TPSA) is 91.7 Å². The zero-order valence-electron chi connectivity index (χ0n) is 5.02. The number of carboxylic acid groups (broad SMARTS) is 1. The molecule has 0 fully saturated rings. The smallest absolute Gasteiger partial charge is 0.307 e. The lowest BCUT2D eigenvalue weighted by molar-refractivity contribution is -0.133. The first-order valence-electron chi connectivity index (χ1n) is 2.43. The number of carboxylic acids is 1. The largest absolute Gasteiger partial charge is 0.481 e. The van der Waals surface area contributed by atoms with Crippen molar-refractivity contribution in [3.63, 3.8) is 0 Å². The third kappa shape index (κ3) is 7.38. The molecule has 6 heteroatoms. The predicted molar refractivity (Wildman–Crippen MR) is 33.0 cm³/mol. The first kappa shape index (κ1) is 9.38. The molecule has 0 aliphatic rings. The number of hydrogen-bond donors (Lipinski definition) is 2. The van der Waals surface area contributed by atoms with Crippen molar-refractivity contribution in [1.29, 1.82) is 0 Å². The maximum atomic E-state index is 9.96. The summed E-state index contributed by atoms with van der Waals surface area (Å²) in [6, 6.07) is 0. The molecule has 5 nitrogen and oxygen atoms in total. The molecule has 0 spiro atoms. The Bertz CT molecular complexity index is 204. The lowest BCUT2D eigenvalue weighted by atomic mass is 10.3. The number of carbonyl (C=O) groups is 1. The molecular weight excluding hydrogens is 160 g/mol. The average molecular weight is 167 g/mol. The highest BCUT2D eigenvalue weighted by atomic mass is 32.2. The fourth-order valence-corrected chi connectivity index (χ4v) is 0.747. The van der Waals surface area contributed by atoms with Crippen LogP contribution in [0.2, 0.25) is 0 Å². The Morgan fingerprint density at radius 1 is 1.50 bits per heavy atom. The molecule has 0 bridgehead atoms. The average Bonchev–Trinajstić information content (AvgIpc) is 1.59. The molecule has 59 valence electrons. The van der Waals surface area contributed by atoms with Crippen LogP contribution in [0, 0.1) is 6.42 Å². The normalized spacial score (nSPS) is 11.3. The van der Waals surface area contributed by atoms with Crippen molar-refractivity contribution in [2.45, 2.75) is 6.42 Å². The summed E-state index contributed by atoms with van der Waals surface area (Å²) >= 11 is 0. The van der Waals surface area contributed by atoms with Crippen LogP contribution < -0.4 is 0 Å². The van der Waals surface area contributed by atoms with Crippen LogP contribution in [0.4, 0.5) is 0 Å². The molecule has 0 amide bonds. The van der Waals surface area contributed by atoms with Crippen LogP contribution in [-0.4, -0.2) is 29.8 Å². The minimum Gasteiger partial charge on any atom is -0.481 e. The molecular formula is C4H7O5S. The van der Waals surface area contributed by atoms with Crippen molar-refractivity contribution >= 4 is 16.1 Å². The van der Waals surface area contributed by atoms with E-state index in [0.717, 1.165) is 6.42 Å². The third-order valence-corrected chi connectivity index (χ3v) is 1.45. The van der Waals surface area contributed by atoms with E-state index >= 15 is 0 Å². The van der Waals surface area contributed by atoms with E-state index in [1.807, 2.05) is 0 Å². The minimum absolute atomic E-state index is 0.172. The van der Waals surface area contributed by atoms with E-state index in [1.165, 1.54) is 0 Å². The van der Waals surface area contributed by atoms with Gasteiger partial charge in [0, 0.05) is 0 Å². The van der Waals surface area contributed by atoms with Crippen LogP contribution in [0.25, 0.3) is 0 Å². The van der Waals surface area contributed by atoms with Crippen LogP contribution in [0.3, 0.4) is 0 Å². The Morgan fingerprint density at radius 2 is 2.00 bits per heavy atom. The van der Waals surface area contributed by atoms with E-state index in [2.05, 4.69) is 0 Å². The summed E-state index contributed by atoms with van der Waals surface area (Å²) in [6.07, 6.45) is 0.599. The maximum absolute atomic E-state index is 9.96. The van der Waals surface area contributed by atoms with Gasteiger partial charge in [0.05, 0.1) is 12.2 Å². The van der Waals surface area contributed by atoms with Crippen LogP contribution in [0.5, 0.6) is 0 Å². The highest BCUT2D eigenvalue weighted by Crippen LogP contribution is 1.91. The molecule has 0 saturated carbocycles. The monoisotopic (exact) mass is 167 g/mol. The number of rotatable bonds is 4. The molecule has 0 unspecified atom stereocenters. The van der Waals surface area contributed by atoms with E-state index < -0.39 is 21.8 Å². The van der Waals surface area contributed by atoms with E-state index in [-0.39, 0.29) is 6.42 Å². The van der Waals surface area contributed by atoms with Gasteiger partial charge >= 0.3 is 5.97 Å². The Labute approximate surface area is 58.4 Å². The van der Waals surface area contributed by atoms with Gasteiger partial charge < -0.3 is 5.11 Å². The van der Waals surface area contributed by atoms with Gasteiger partial charge in [-0.05, 0) is 6.42 Å². The maximum Gasteiger partial charge on any atom is 0.307 e. The Balaban J connectivity index is 3.49. The molecule has 0 aromatic heterocycles. The van der Waals surface area contributed by atoms with E-state index in [9.17, 15) is 13.2 Å². The lowest BCUT2D eigenvalue weighted by Crippen LogP contribution is -2.06. The molecule has 0 aromatic carbocycles. The summed E-state index contributed by atoms with van der Waals surface area (Å²) in [7, 11) is -4.01. The lowest BCUT2D eigenvalue weighted by Gasteiger charge is -1.91. The molecule has 0 aromatic rings. The van der Waals surface area contributed by atoms with Gasteiger partial charge in [0.25, 0.3) is 10.1 Å². The first-order chi connectivity index (χ1) is 4.42. The Hall–Kier alpha value is -0.620. The molecule has 0 rings (SSSR count). The fraction of sp³-hybridized carbons (Fsp3) is 0.500. The molecule has 0 atom stereocenters. The van der Waals surface area contributed by atoms with Crippen molar-refractivity contribution in [2.24, 2.45) is 0 Å². The molecule has 1 radical (unpaired) electrons. The van der Waals surface area contributed by atoms with E-state index in [1.54, 1.807) is 0 Å². The molecule has 2 N–H and O–H groups in total. The van der Waals surface area contributed by atoms with E-state index in [0.29, 0.717) is 0 Å². The fourth-order valence-electron chi connectivity index (χ4n) is 0.331. The van der Waals surface area contributed by atoms with Crippen LogP contribution in [0.1, 0.15) is 6.42 Å². The second-order valence-electron chi connectivity index (χ2n) is 1.62. The van der Waals surface area contributed by atoms with Crippen LogP contribution >= 0.6 is 0 Å². The van der Waals surface area contributed by atoms with Crippen LogP contribution in [-0.2, 0) is 14.9 Å². The SMILES string of the molecule is O=C(O)[CH]CCS(=O)(=O)O. The summed E-state index contributed by atoms with van der Waals surface area (Å²) < 4.78 is 28.0. The molecule has 10 heavy (non-hydrogen) atoms. The highest BCUT2D eigenvalue weighted by Gasteiger charge is 2.05.